The second-order valence-electron chi connectivity index (χ2n) is 6.02. The fourth-order valence-electron chi connectivity index (χ4n) is 2.12. The van der Waals surface area contributed by atoms with Gasteiger partial charge in [0.05, 0.1) is 0 Å². The average molecular weight is 313 g/mol. The summed E-state index contributed by atoms with van der Waals surface area (Å²) < 4.78 is 0. The highest BCUT2D eigenvalue weighted by Gasteiger charge is 2.24. The lowest BCUT2D eigenvalue weighted by molar-refractivity contribution is -0.139. The number of amides is 2. The third kappa shape index (κ3) is 6.14. The Labute approximate surface area is 129 Å². The highest BCUT2D eigenvalue weighted by molar-refractivity contribution is 7.10. The van der Waals surface area contributed by atoms with E-state index >= 15 is 0 Å². The summed E-state index contributed by atoms with van der Waals surface area (Å²) in [5.41, 5.74) is -0.0947. The van der Waals surface area contributed by atoms with Crippen LogP contribution in [0.2, 0.25) is 0 Å². The molecule has 0 saturated carbocycles. The van der Waals surface area contributed by atoms with E-state index in [2.05, 4.69) is 10.6 Å². The van der Waals surface area contributed by atoms with E-state index < -0.39 is 18.0 Å². The van der Waals surface area contributed by atoms with Crippen molar-refractivity contribution in [3.05, 3.63) is 22.4 Å². The van der Waals surface area contributed by atoms with Gasteiger partial charge in [-0.05, 0) is 31.0 Å². The molecule has 0 aliphatic carbocycles. The number of urea groups is 1. The number of nitrogens with one attached hydrogen (secondary N) is 2. The number of thiophene rings is 1. The summed E-state index contributed by atoms with van der Waals surface area (Å²) in [5, 5.41) is 16.2. The van der Waals surface area contributed by atoms with E-state index in [1.54, 1.807) is 17.5 Å². The van der Waals surface area contributed by atoms with E-state index in [1.807, 2.05) is 32.8 Å². The predicted molar refractivity (Wildman–Crippen MR) is 83.6 cm³/mol. The maximum absolute atomic E-state index is 11.9. The van der Waals surface area contributed by atoms with Gasteiger partial charge in [-0.25, -0.2) is 9.59 Å². The lowest BCUT2D eigenvalue weighted by Crippen LogP contribution is -2.46. The summed E-state index contributed by atoms with van der Waals surface area (Å²) in [4.78, 5) is 25.8. The molecule has 0 fully saturated rings. The van der Waals surface area contributed by atoms with Crippen LogP contribution in [0.15, 0.2) is 17.5 Å². The van der Waals surface area contributed by atoms with Gasteiger partial charge in [0.1, 0.15) is 0 Å². The van der Waals surface area contributed by atoms with Crippen LogP contribution in [0.3, 0.4) is 0 Å². The van der Waals surface area contributed by atoms with Crippen LogP contribution in [-0.2, 0) is 4.79 Å². The second-order valence-corrected chi connectivity index (χ2v) is 6.99. The average Bonchev–Trinajstić information content (AvgIpc) is 2.85. The van der Waals surface area contributed by atoms with Gasteiger partial charge in [-0.1, -0.05) is 19.9 Å². The molecule has 1 rings (SSSR count). The van der Waals surface area contributed by atoms with E-state index in [-0.39, 0.29) is 5.41 Å². The first-order chi connectivity index (χ1) is 9.71. The van der Waals surface area contributed by atoms with Crippen molar-refractivity contribution < 1.29 is 14.7 Å². The Morgan fingerprint density at radius 2 is 2.10 bits per heavy atom. The second kappa shape index (κ2) is 7.42. The zero-order chi connectivity index (χ0) is 16.0. The largest absolute Gasteiger partial charge is 0.479 e. The first kappa shape index (κ1) is 17.5. The van der Waals surface area contributed by atoms with Gasteiger partial charge in [-0.15, -0.1) is 11.3 Å². The van der Waals surface area contributed by atoms with Gasteiger partial charge in [-0.2, -0.15) is 0 Å². The number of carbonyl (C=O) groups excluding carboxylic acids is 1. The molecule has 1 aromatic heterocycles. The van der Waals surface area contributed by atoms with E-state index in [0.29, 0.717) is 11.4 Å². The molecule has 3 N–H and O–H groups in total. The zero-order valence-corrected chi connectivity index (χ0v) is 13.7. The molecule has 0 aromatic carbocycles. The molecule has 7 heteroatoms. The van der Waals surface area contributed by atoms with Gasteiger partial charge in [0, 0.05) is 18.0 Å². The van der Waals surface area contributed by atoms with E-state index in [4.69, 9.17) is 0 Å². The normalized spacial score (nSPS) is 13.0. The number of hydrogen-bond acceptors (Lipinski definition) is 4. The number of aliphatic carboxylic acids is 1. The summed E-state index contributed by atoms with van der Waals surface area (Å²) >= 11 is 1.30. The van der Waals surface area contributed by atoms with Crippen LogP contribution < -0.4 is 10.6 Å². The summed E-state index contributed by atoms with van der Waals surface area (Å²) in [6.45, 7) is 5.37. The van der Waals surface area contributed by atoms with Crippen LogP contribution >= 0.6 is 11.3 Å². The Hall–Kier alpha value is -1.60. The van der Waals surface area contributed by atoms with E-state index in [9.17, 15) is 14.7 Å². The van der Waals surface area contributed by atoms with Crippen LogP contribution in [0.4, 0.5) is 4.79 Å². The molecule has 118 valence electrons. The lowest BCUT2D eigenvalue weighted by atomic mass is 9.93. The molecule has 6 nitrogen and oxygen atoms in total. The number of carboxylic acid groups (broad SMARTS) is 1. The Balaban J connectivity index is 2.54. The molecule has 21 heavy (non-hydrogen) atoms. The first-order valence-electron chi connectivity index (χ1n) is 6.66. The zero-order valence-electron chi connectivity index (χ0n) is 12.8. The highest BCUT2D eigenvalue weighted by atomic mass is 32.1. The minimum Gasteiger partial charge on any atom is -0.479 e. The van der Waals surface area contributed by atoms with E-state index in [1.165, 1.54) is 11.3 Å². The van der Waals surface area contributed by atoms with Crippen LogP contribution in [0.5, 0.6) is 0 Å². The third-order valence-corrected chi connectivity index (χ3v) is 3.76. The number of carbonyl (C=O) groups is 2. The number of rotatable bonds is 7. The molecule has 0 aliphatic heterocycles. The van der Waals surface area contributed by atoms with Crippen molar-refractivity contribution in [2.75, 3.05) is 27.2 Å². The van der Waals surface area contributed by atoms with Crippen molar-refractivity contribution in [1.82, 2.24) is 15.5 Å². The summed E-state index contributed by atoms with van der Waals surface area (Å²) in [5.74, 6) is -1.07. The molecule has 1 unspecified atom stereocenters. The number of hydrogen-bond donors (Lipinski definition) is 3. The fourth-order valence-corrected chi connectivity index (χ4v) is 2.89. The molecule has 0 radical (unpaired) electrons. The smallest absolute Gasteiger partial charge is 0.331 e. The quantitative estimate of drug-likeness (QED) is 0.716. The van der Waals surface area contributed by atoms with Crippen molar-refractivity contribution in [3.8, 4) is 0 Å². The van der Waals surface area contributed by atoms with Crippen LogP contribution in [0.1, 0.15) is 24.8 Å². The molecule has 0 spiro atoms. The molecule has 1 atom stereocenters. The van der Waals surface area contributed by atoms with Crippen molar-refractivity contribution in [1.29, 1.82) is 0 Å². The monoisotopic (exact) mass is 313 g/mol. The lowest BCUT2D eigenvalue weighted by Gasteiger charge is -2.28. The van der Waals surface area contributed by atoms with E-state index in [0.717, 1.165) is 6.54 Å². The van der Waals surface area contributed by atoms with Crippen molar-refractivity contribution in [3.63, 3.8) is 0 Å². The summed E-state index contributed by atoms with van der Waals surface area (Å²) in [7, 11) is 3.94. The van der Waals surface area contributed by atoms with Gasteiger partial charge in [-0.3, -0.25) is 0 Å². The maximum atomic E-state index is 11.9. The van der Waals surface area contributed by atoms with Gasteiger partial charge >= 0.3 is 12.0 Å². The van der Waals surface area contributed by atoms with Crippen molar-refractivity contribution in [2.45, 2.75) is 19.9 Å². The van der Waals surface area contributed by atoms with Crippen molar-refractivity contribution >= 4 is 23.3 Å². The summed E-state index contributed by atoms with van der Waals surface area (Å²) in [6.07, 6.45) is 0. The van der Waals surface area contributed by atoms with Crippen LogP contribution in [-0.4, -0.2) is 49.2 Å². The minimum atomic E-state index is -1.07. The van der Waals surface area contributed by atoms with Gasteiger partial charge in [0.25, 0.3) is 0 Å². The van der Waals surface area contributed by atoms with Gasteiger partial charge < -0.3 is 20.6 Å². The Morgan fingerprint density at radius 3 is 2.57 bits per heavy atom. The molecule has 2 amide bonds. The Bertz CT molecular complexity index is 472. The molecular formula is C14H23N3O3S. The molecule has 0 aliphatic rings. The topological polar surface area (TPSA) is 81.7 Å². The minimum absolute atomic E-state index is 0.0947. The fraction of sp³-hybridized carbons (Fsp3) is 0.571. The number of carboxylic acids is 1. The SMILES string of the molecule is CN(C)CC(C)(C)CNC(=O)NC(C(=O)O)c1cccs1. The van der Waals surface area contributed by atoms with Crippen LogP contribution in [0.25, 0.3) is 0 Å². The maximum Gasteiger partial charge on any atom is 0.331 e. The molecule has 0 bridgehead atoms. The third-order valence-electron chi connectivity index (χ3n) is 2.82. The molecular weight excluding hydrogens is 290 g/mol. The number of nitrogens with zero attached hydrogens (tertiary/aromatic N) is 1. The standard InChI is InChI=1S/C14H23N3O3S/c1-14(2,9-17(3)4)8-15-13(20)16-11(12(18)19)10-6-5-7-21-10/h5-7,11H,8-9H2,1-4H3,(H,18,19)(H2,15,16,20). The predicted octanol–water partition coefficient (Wildman–Crippen LogP) is 1.76. The van der Waals surface area contributed by atoms with Crippen molar-refractivity contribution in [2.24, 2.45) is 5.41 Å². The Kier molecular flexibility index (Phi) is 6.17. The highest BCUT2D eigenvalue weighted by Crippen LogP contribution is 2.19. The summed E-state index contributed by atoms with van der Waals surface area (Å²) in [6, 6.07) is 1.97. The van der Waals surface area contributed by atoms with Gasteiger partial charge in [0.15, 0.2) is 6.04 Å². The van der Waals surface area contributed by atoms with Crippen LogP contribution in [0, 0.1) is 5.41 Å². The molecule has 1 heterocycles. The first-order valence-corrected chi connectivity index (χ1v) is 7.54. The molecule has 1 aromatic rings. The molecule has 0 saturated heterocycles. The van der Waals surface area contributed by atoms with Gasteiger partial charge in [0.2, 0.25) is 0 Å². The Morgan fingerprint density at radius 1 is 1.43 bits per heavy atom.